The maximum absolute atomic E-state index is 14.8. The van der Waals surface area contributed by atoms with Gasteiger partial charge in [-0.05, 0) is 121 Å². The van der Waals surface area contributed by atoms with E-state index in [-0.39, 0.29) is 48.4 Å². The number of aryl methyl sites for hydroxylation is 2. The zero-order chi connectivity index (χ0) is 39.8. The van der Waals surface area contributed by atoms with Gasteiger partial charge in [-0.15, -0.1) is 0 Å². The second-order valence-corrected chi connectivity index (χ2v) is 16.9. The molecule has 0 spiro atoms. The molecule has 0 radical (unpaired) electrons. The fourth-order valence-corrected chi connectivity index (χ4v) is 9.76. The Labute approximate surface area is 338 Å². The van der Waals surface area contributed by atoms with E-state index in [2.05, 4.69) is 45.6 Å². The number of fused-ring (bicyclic) bond motifs is 8. The number of aromatic nitrogens is 2. The van der Waals surface area contributed by atoms with Crippen LogP contribution in [0.4, 0.5) is 5.82 Å². The van der Waals surface area contributed by atoms with Crippen LogP contribution < -0.4 is 10.1 Å². The number of aliphatic hydroxyl groups is 1. The van der Waals surface area contributed by atoms with E-state index in [4.69, 9.17) is 4.74 Å². The van der Waals surface area contributed by atoms with Crippen LogP contribution in [0.3, 0.4) is 0 Å². The van der Waals surface area contributed by atoms with Gasteiger partial charge in [0.2, 0.25) is 0 Å². The Morgan fingerprint density at radius 1 is 0.793 bits per heavy atom. The molecule has 0 saturated heterocycles. The molecule has 1 aliphatic heterocycles. The second kappa shape index (κ2) is 15.9. The van der Waals surface area contributed by atoms with Gasteiger partial charge in [-0.2, -0.15) is 0 Å². The normalized spacial score (nSPS) is 22.5. The van der Waals surface area contributed by atoms with Gasteiger partial charge in [0.1, 0.15) is 23.1 Å². The summed E-state index contributed by atoms with van der Waals surface area (Å²) < 4.78 is 6.39. The van der Waals surface area contributed by atoms with Crippen LogP contribution in [0.1, 0.15) is 107 Å². The summed E-state index contributed by atoms with van der Waals surface area (Å²) in [6.07, 6.45) is 16.3. The highest BCUT2D eigenvalue weighted by molar-refractivity contribution is 6.02. The minimum absolute atomic E-state index is 0.0513. The van der Waals surface area contributed by atoms with E-state index in [0.717, 1.165) is 81.7 Å². The van der Waals surface area contributed by atoms with E-state index in [0.29, 0.717) is 50.0 Å². The Balaban J connectivity index is 1.07. The number of H-pyrrole nitrogens is 2. The molecule has 3 aliphatic carbocycles. The number of aromatic hydroxyl groups is 2. The molecule has 3 atom stereocenters. The van der Waals surface area contributed by atoms with Crippen LogP contribution in [-0.2, 0) is 35.3 Å². The van der Waals surface area contributed by atoms with E-state index < -0.39 is 17.4 Å². The van der Waals surface area contributed by atoms with Crippen LogP contribution in [0.15, 0.2) is 90.8 Å². The number of phenolic OH excluding ortho intramolecular Hbond substituents is 2. The van der Waals surface area contributed by atoms with E-state index in [1.54, 1.807) is 18.2 Å². The minimum atomic E-state index is -1.27. The van der Waals surface area contributed by atoms with Gasteiger partial charge < -0.3 is 35.3 Å². The highest BCUT2D eigenvalue weighted by Gasteiger charge is 2.42. The first-order valence-corrected chi connectivity index (χ1v) is 20.8. The van der Waals surface area contributed by atoms with Gasteiger partial charge in [-0.1, -0.05) is 54.6 Å². The number of rotatable bonds is 4. The summed E-state index contributed by atoms with van der Waals surface area (Å²) in [7, 11) is 0. The molecule has 4 bridgehead atoms. The summed E-state index contributed by atoms with van der Waals surface area (Å²) in [5.41, 5.74) is 7.96. The molecule has 58 heavy (non-hydrogen) atoms. The molecule has 3 heterocycles. The molecule has 3 unspecified atom stereocenters. The fourth-order valence-electron chi connectivity index (χ4n) is 9.76. The summed E-state index contributed by atoms with van der Waals surface area (Å²) in [4.78, 5) is 35.4. The van der Waals surface area contributed by atoms with Crippen LogP contribution in [0.25, 0.3) is 12.2 Å². The Morgan fingerprint density at radius 3 is 2.43 bits per heavy atom. The average Bonchev–Trinajstić information content (AvgIpc) is 3.98. The van der Waals surface area contributed by atoms with Crippen molar-refractivity contribution < 1.29 is 29.6 Å². The Kier molecular flexibility index (Phi) is 10.3. The monoisotopic (exact) mass is 777 g/mol. The quantitative estimate of drug-likeness (QED) is 0.100. The van der Waals surface area contributed by atoms with Crippen molar-refractivity contribution in [3.63, 3.8) is 0 Å². The van der Waals surface area contributed by atoms with Gasteiger partial charge in [0, 0.05) is 66.9 Å². The highest BCUT2D eigenvalue weighted by Crippen LogP contribution is 2.46. The largest absolute Gasteiger partial charge is 0.507 e. The zero-order valence-corrected chi connectivity index (χ0v) is 32.7. The van der Waals surface area contributed by atoms with Crippen molar-refractivity contribution in [3.05, 3.63) is 141 Å². The van der Waals surface area contributed by atoms with Crippen molar-refractivity contribution in [2.75, 3.05) is 11.9 Å². The standard InChI is InChI=1S/C49H51N3O6/c53-37-12-11-32-24-35(47(56)45(25-32)58-38-8-1-2-9-38)23-31-6-3-5-30(21-31)22-34-15-19-51-48(34)52-29-36-26-42-40(16-20-50-42)41(46(36)44(55)27-37)28-49(57)17-13-33-7-4-10-43(54)39(33)14-18-49/h3-7,10,14-16,18-21,24-26,38,41,46,50-52,54,56-57H,1-2,8-9,11-13,17,22-23,27-29H2. The molecule has 9 rings (SSSR count). The van der Waals surface area contributed by atoms with Gasteiger partial charge >= 0.3 is 0 Å². The molecule has 9 heteroatoms. The predicted octanol–water partition coefficient (Wildman–Crippen LogP) is 8.72. The molecule has 2 aromatic heterocycles. The first-order chi connectivity index (χ1) is 28.2. The molecular weight excluding hydrogens is 727 g/mol. The molecule has 298 valence electrons. The van der Waals surface area contributed by atoms with E-state index in [1.165, 1.54) is 0 Å². The number of carbonyl (C=O) groups excluding carboxylic acids is 2. The summed E-state index contributed by atoms with van der Waals surface area (Å²) in [6, 6.07) is 21.8. The first-order valence-electron chi connectivity index (χ1n) is 20.8. The summed E-state index contributed by atoms with van der Waals surface area (Å²) >= 11 is 0. The number of hydrogen-bond donors (Lipinski definition) is 6. The SMILES string of the molecule is O=C1CCc2cc(c(O)c(OC3CCCC3)c2)Cc2cccc(c2)Cc2cc[nH]c2NCC2=Cc3[nH]ccc3C(CC3(O)C=Cc4c(O)cccc4CC3)C2C(=O)C1. The lowest BCUT2D eigenvalue weighted by Gasteiger charge is -2.37. The Bertz CT molecular complexity index is 2410. The smallest absolute Gasteiger partial charge is 0.161 e. The number of carbonyl (C=O) groups is 2. The molecule has 4 aliphatic rings. The number of benzene rings is 3. The van der Waals surface area contributed by atoms with Gasteiger partial charge in [0.15, 0.2) is 11.5 Å². The summed E-state index contributed by atoms with van der Waals surface area (Å²) in [6.45, 7) is 0.357. The molecule has 0 amide bonds. The molecular formula is C49H51N3O6. The van der Waals surface area contributed by atoms with Crippen LogP contribution in [0.2, 0.25) is 0 Å². The predicted molar refractivity (Wildman–Crippen MR) is 225 cm³/mol. The fraction of sp³-hybridized carbons (Fsp3) is 0.347. The number of Topliss-reactive ketones (excluding diaryl/α,β-unsaturated/α-hetero) is 2. The molecule has 1 saturated carbocycles. The van der Waals surface area contributed by atoms with Crippen LogP contribution >= 0.6 is 0 Å². The van der Waals surface area contributed by atoms with Crippen molar-refractivity contribution in [1.29, 1.82) is 0 Å². The first kappa shape index (κ1) is 37.8. The third kappa shape index (κ3) is 7.88. The van der Waals surface area contributed by atoms with Crippen molar-refractivity contribution in [3.8, 4) is 17.2 Å². The minimum Gasteiger partial charge on any atom is -0.507 e. The van der Waals surface area contributed by atoms with Crippen molar-refractivity contribution >= 4 is 29.5 Å². The van der Waals surface area contributed by atoms with E-state index in [9.17, 15) is 24.9 Å². The lowest BCUT2D eigenvalue weighted by atomic mass is 9.68. The van der Waals surface area contributed by atoms with Crippen LogP contribution in [0.5, 0.6) is 17.2 Å². The van der Waals surface area contributed by atoms with Crippen molar-refractivity contribution in [2.24, 2.45) is 5.92 Å². The maximum atomic E-state index is 14.8. The number of nitrogens with one attached hydrogen (secondary N) is 3. The van der Waals surface area contributed by atoms with Gasteiger partial charge in [0.05, 0.1) is 18.1 Å². The molecule has 5 aromatic rings. The molecule has 6 N–H and O–H groups in total. The topological polar surface area (TPSA) is 148 Å². The summed E-state index contributed by atoms with van der Waals surface area (Å²) in [5.74, 6) is 0.215. The third-order valence-electron chi connectivity index (χ3n) is 12.8. The average molecular weight is 778 g/mol. The lowest BCUT2D eigenvalue weighted by molar-refractivity contribution is -0.129. The van der Waals surface area contributed by atoms with Crippen molar-refractivity contribution in [2.45, 2.75) is 94.7 Å². The van der Waals surface area contributed by atoms with Gasteiger partial charge in [-0.25, -0.2) is 0 Å². The maximum Gasteiger partial charge on any atom is 0.161 e. The van der Waals surface area contributed by atoms with Crippen molar-refractivity contribution in [1.82, 2.24) is 9.97 Å². The second-order valence-electron chi connectivity index (χ2n) is 16.9. The Morgan fingerprint density at radius 2 is 1.59 bits per heavy atom. The van der Waals surface area contributed by atoms with Gasteiger partial charge in [-0.3, -0.25) is 9.59 Å². The summed E-state index contributed by atoms with van der Waals surface area (Å²) in [5, 5.41) is 38.0. The van der Waals surface area contributed by atoms with E-state index in [1.807, 2.05) is 48.8 Å². The zero-order valence-electron chi connectivity index (χ0n) is 32.7. The molecule has 9 nitrogen and oxygen atoms in total. The number of aromatic amines is 2. The van der Waals surface area contributed by atoms with Crippen LogP contribution in [-0.4, -0.2) is 55.1 Å². The third-order valence-corrected chi connectivity index (χ3v) is 12.8. The number of anilines is 1. The lowest BCUT2D eigenvalue weighted by Crippen LogP contribution is -2.37. The Hall–Kier alpha value is -5.80. The highest BCUT2D eigenvalue weighted by atomic mass is 16.5. The number of phenols is 2. The number of ether oxygens (including phenoxy) is 1. The number of hydrogen-bond acceptors (Lipinski definition) is 7. The van der Waals surface area contributed by atoms with E-state index >= 15 is 0 Å². The van der Waals surface area contributed by atoms with Crippen LogP contribution in [0, 0.1) is 5.92 Å². The molecule has 1 fully saturated rings. The van der Waals surface area contributed by atoms with Gasteiger partial charge in [0.25, 0.3) is 0 Å². The molecule has 3 aromatic carbocycles. The number of ketones is 2.